The second-order valence-corrected chi connectivity index (χ2v) is 10.4. The molecule has 0 spiro atoms. The Labute approximate surface area is 167 Å². The molecule has 0 radical (unpaired) electrons. The number of anilines is 1. The number of rotatable bonds is 5. The van der Waals surface area contributed by atoms with E-state index in [1.807, 2.05) is 13.0 Å². The van der Waals surface area contributed by atoms with E-state index in [4.69, 9.17) is 23.2 Å². The van der Waals surface area contributed by atoms with Crippen LogP contribution in [0, 0.1) is 23.7 Å². The summed E-state index contributed by atoms with van der Waals surface area (Å²) in [7, 11) is -9.96. The Morgan fingerprint density at radius 2 is 1.75 bits per heavy atom. The molecule has 0 atom stereocenters. The Hall–Kier alpha value is -1.70. The first-order valence-electron chi connectivity index (χ1n) is 8.02. The zero-order chi connectivity index (χ0) is 21.2. The van der Waals surface area contributed by atoms with E-state index in [9.17, 15) is 24.7 Å². The number of hydrogen-bond acceptors (Lipinski definition) is 3. The summed E-state index contributed by atoms with van der Waals surface area (Å²) in [5.74, 6) is 0.313. The van der Waals surface area contributed by atoms with Gasteiger partial charge in [0.2, 0.25) is 0 Å². The van der Waals surface area contributed by atoms with E-state index in [0.717, 1.165) is 17.5 Å². The molecule has 1 N–H and O–H groups in total. The minimum absolute atomic E-state index is 0.00683. The fourth-order valence-corrected chi connectivity index (χ4v) is 4.08. The normalized spacial score (nSPS) is 18.1. The molecule has 0 saturated heterocycles. The van der Waals surface area contributed by atoms with E-state index in [1.54, 1.807) is 6.92 Å². The quantitative estimate of drug-likeness (QED) is 0.478. The summed E-state index contributed by atoms with van der Waals surface area (Å²) in [5.41, 5.74) is 0.290. The van der Waals surface area contributed by atoms with Crippen LogP contribution >= 0.6 is 33.4 Å². The summed E-state index contributed by atoms with van der Waals surface area (Å²) in [4.78, 5) is -2.19. The lowest BCUT2D eigenvalue weighted by atomic mass is 10.1. The third kappa shape index (κ3) is 4.02. The molecule has 1 aliphatic rings. The first-order valence-corrected chi connectivity index (χ1v) is 10.7. The van der Waals surface area contributed by atoms with Crippen LogP contribution in [0.1, 0.15) is 31.0 Å². The van der Waals surface area contributed by atoms with Crippen LogP contribution in [0.3, 0.4) is 0 Å². The minimum Gasteiger partial charge on any atom is -0.369 e. The molecule has 0 amide bonds. The van der Waals surface area contributed by atoms with Crippen LogP contribution in [0.2, 0.25) is 10.0 Å². The minimum atomic E-state index is -9.96. The summed E-state index contributed by atoms with van der Waals surface area (Å²) in [6.07, 6.45) is 2.00. The van der Waals surface area contributed by atoms with Crippen LogP contribution in [-0.4, -0.2) is 16.3 Å². The summed E-state index contributed by atoms with van der Waals surface area (Å²) in [5, 5.41) is 15.1. The predicted octanol–water partition coefficient (Wildman–Crippen LogP) is 7.23. The van der Waals surface area contributed by atoms with Gasteiger partial charge in [0.15, 0.2) is 5.69 Å². The summed E-state index contributed by atoms with van der Waals surface area (Å²) < 4.78 is 66.6. The van der Waals surface area contributed by atoms with E-state index in [2.05, 4.69) is 10.4 Å². The Kier molecular flexibility index (Phi) is 4.26. The van der Waals surface area contributed by atoms with Gasteiger partial charge < -0.3 is 5.32 Å². The van der Waals surface area contributed by atoms with Crippen molar-refractivity contribution < 1.29 is 19.4 Å². The molecule has 1 heterocycles. The maximum absolute atomic E-state index is 13.1. The summed E-state index contributed by atoms with van der Waals surface area (Å²) >= 11 is 11.8. The molecule has 28 heavy (non-hydrogen) atoms. The molecule has 4 nitrogen and oxygen atoms in total. The lowest BCUT2D eigenvalue weighted by Crippen LogP contribution is -2.16. The van der Waals surface area contributed by atoms with Gasteiger partial charge in [0.05, 0.1) is 10.0 Å². The lowest BCUT2D eigenvalue weighted by Gasteiger charge is -2.40. The fourth-order valence-electron chi connectivity index (χ4n) is 2.63. The maximum atomic E-state index is 13.1. The highest BCUT2D eigenvalue weighted by molar-refractivity contribution is 8.45. The van der Waals surface area contributed by atoms with Gasteiger partial charge in [-0.05, 0) is 37.3 Å². The third-order valence-electron chi connectivity index (χ3n) is 4.66. The van der Waals surface area contributed by atoms with Crippen molar-refractivity contribution in [1.82, 2.24) is 9.78 Å². The molecule has 1 aromatic heterocycles. The van der Waals surface area contributed by atoms with Gasteiger partial charge in [0.1, 0.15) is 22.5 Å². The van der Waals surface area contributed by atoms with Crippen LogP contribution in [0.25, 0.3) is 5.69 Å². The van der Waals surface area contributed by atoms with Crippen LogP contribution in [0.4, 0.5) is 25.2 Å². The Morgan fingerprint density at radius 1 is 1.21 bits per heavy atom. The molecule has 154 valence electrons. The van der Waals surface area contributed by atoms with Gasteiger partial charge in [-0.15, -0.1) is 0 Å². The largest absolute Gasteiger partial charge is 0.369 e. The average molecular weight is 461 g/mol. The first-order chi connectivity index (χ1) is 12.5. The van der Waals surface area contributed by atoms with Gasteiger partial charge in [0.25, 0.3) is 0 Å². The van der Waals surface area contributed by atoms with Crippen molar-refractivity contribution in [3.63, 3.8) is 0 Å². The van der Waals surface area contributed by atoms with Gasteiger partial charge in [-0.3, -0.25) is 0 Å². The van der Waals surface area contributed by atoms with Gasteiger partial charge in [-0.25, -0.2) is 4.68 Å². The van der Waals surface area contributed by atoms with E-state index < -0.39 is 25.2 Å². The van der Waals surface area contributed by atoms with Crippen molar-refractivity contribution in [1.29, 1.82) is 5.26 Å². The smallest absolute Gasteiger partial charge is 0.310 e. The highest BCUT2D eigenvalue weighted by Crippen LogP contribution is 3.02. The van der Waals surface area contributed by atoms with Crippen LogP contribution in [0.15, 0.2) is 17.0 Å². The SMILES string of the molecule is Cc1c(C#N)nn(-c2c(Cl)cc(S(F)(F)(F)(F)F)cc2Cl)c1NCC1(C)CC1. The van der Waals surface area contributed by atoms with Crippen LogP contribution in [-0.2, 0) is 0 Å². The second-order valence-electron chi connectivity index (χ2n) is 7.21. The molecule has 1 fully saturated rings. The molecule has 0 aliphatic heterocycles. The van der Waals surface area contributed by atoms with Gasteiger partial charge in [0, 0.05) is 12.1 Å². The van der Waals surface area contributed by atoms with Crippen molar-refractivity contribution in [3.8, 4) is 11.8 Å². The fraction of sp³-hybridized carbons (Fsp3) is 0.375. The summed E-state index contributed by atoms with van der Waals surface area (Å²) in [6, 6.07) is 2.12. The monoisotopic (exact) mass is 460 g/mol. The second kappa shape index (κ2) is 5.68. The number of nitrogens with zero attached hydrogens (tertiary/aromatic N) is 3. The number of nitrogens with one attached hydrogen (secondary N) is 1. The molecule has 0 bridgehead atoms. The lowest BCUT2D eigenvalue weighted by molar-refractivity contribution is 0.364. The van der Waals surface area contributed by atoms with Crippen molar-refractivity contribution in [3.05, 3.63) is 33.4 Å². The number of nitriles is 1. The van der Waals surface area contributed by atoms with Gasteiger partial charge >= 0.3 is 10.2 Å². The highest BCUT2D eigenvalue weighted by atomic mass is 35.5. The number of hydrogen-bond donors (Lipinski definition) is 1. The topological polar surface area (TPSA) is 53.6 Å². The molecule has 1 aromatic carbocycles. The van der Waals surface area contributed by atoms with E-state index >= 15 is 0 Å². The Balaban J connectivity index is 2.15. The molecule has 1 saturated carbocycles. The van der Waals surface area contributed by atoms with Crippen molar-refractivity contribution in [2.24, 2.45) is 5.41 Å². The molecular weight excluding hydrogens is 446 g/mol. The third-order valence-corrected chi connectivity index (χ3v) is 6.36. The van der Waals surface area contributed by atoms with E-state index in [-0.39, 0.29) is 28.9 Å². The average Bonchev–Trinajstić information content (AvgIpc) is 3.17. The van der Waals surface area contributed by atoms with Crippen LogP contribution < -0.4 is 5.32 Å². The van der Waals surface area contributed by atoms with Crippen molar-refractivity contribution >= 4 is 39.2 Å². The zero-order valence-corrected chi connectivity index (χ0v) is 17.0. The van der Waals surface area contributed by atoms with Crippen molar-refractivity contribution in [2.45, 2.75) is 31.6 Å². The molecule has 0 unspecified atom stereocenters. The van der Waals surface area contributed by atoms with Gasteiger partial charge in [-0.1, -0.05) is 49.6 Å². The molecular formula is C16H15Cl2F5N4S. The predicted molar refractivity (Wildman–Crippen MR) is 100 cm³/mol. The van der Waals surface area contributed by atoms with Crippen molar-refractivity contribution in [2.75, 3.05) is 11.9 Å². The molecule has 12 heteroatoms. The number of halogens is 7. The Morgan fingerprint density at radius 3 is 2.18 bits per heavy atom. The maximum Gasteiger partial charge on any atom is 0.310 e. The molecule has 2 aromatic rings. The number of aromatic nitrogens is 2. The standard InChI is InChI=1S/C16H15Cl2F5N4S/c1-9-13(7-24)26-27(15(9)25-8-16(2)3-4-16)14-11(17)5-10(6-12(14)18)28(19,20,21,22)23/h5-6,25H,3-4,8H2,1-2H3. The Bertz CT molecular complexity index is 1000. The molecule has 1 aliphatic carbocycles. The molecule has 3 rings (SSSR count). The van der Waals surface area contributed by atoms with Gasteiger partial charge in [-0.2, -0.15) is 10.4 Å². The number of benzene rings is 1. The summed E-state index contributed by atoms with van der Waals surface area (Å²) in [6.45, 7) is 4.18. The van der Waals surface area contributed by atoms with E-state index in [1.165, 1.54) is 0 Å². The van der Waals surface area contributed by atoms with E-state index in [0.29, 0.717) is 17.9 Å². The first kappa shape index (κ1) is 21.0. The zero-order valence-electron chi connectivity index (χ0n) is 14.7. The van der Waals surface area contributed by atoms with Crippen LogP contribution in [0.5, 0.6) is 0 Å². The highest BCUT2D eigenvalue weighted by Gasteiger charge is 2.65.